The molecule has 1 N–H and O–H groups in total. The molecule has 100 valence electrons. The molecule has 1 aliphatic rings. The Balaban J connectivity index is 1.70. The summed E-state index contributed by atoms with van der Waals surface area (Å²) in [7, 11) is 2.12. The van der Waals surface area contributed by atoms with Gasteiger partial charge in [-0.25, -0.2) is 0 Å². The van der Waals surface area contributed by atoms with Crippen LogP contribution < -0.4 is 14.8 Å². The number of fused-ring (bicyclic) bond motifs is 1. The minimum Gasteiger partial charge on any atom is -0.486 e. The normalized spacial score (nSPS) is 18.1. The summed E-state index contributed by atoms with van der Waals surface area (Å²) in [4.78, 5) is 2.28. The van der Waals surface area contributed by atoms with Gasteiger partial charge in [0.15, 0.2) is 11.5 Å². The van der Waals surface area contributed by atoms with Gasteiger partial charge in [-0.05, 0) is 25.7 Å². The molecule has 0 amide bonds. The van der Waals surface area contributed by atoms with E-state index in [2.05, 4.69) is 24.2 Å². The first-order chi connectivity index (χ1) is 8.79. The van der Waals surface area contributed by atoms with Crippen molar-refractivity contribution in [2.45, 2.75) is 13.0 Å². The highest BCUT2D eigenvalue weighted by Gasteiger charge is 2.19. The highest BCUT2D eigenvalue weighted by molar-refractivity contribution is 5.40. The number of nitrogens with zero attached hydrogens (tertiary/aromatic N) is 1. The largest absolute Gasteiger partial charge is 0.486 e. The van der Waals surface area contributed by atoms with Gasteiger partial charge < -0.3 is 19.7 Å². The summed E-state index contributed by atoms with van der Waals surface area (Å²) in [5, 5.41) is 3.40. The molecule has 0 saturated carbocycles. The highest BCUT2D eigenvalue weighted by Crippen LogP contribution is 2.30. The zero-order chi connectivity index (χ0) is 12.8. The summed E-state index contributed by atoms with van der Waals surface area (Å²) in [5.74, 6) is 1.70. The van der Waals surface area contributed by atoms with Crippen LogP contribution in [0.4, 0.5) is 0 Å². The molecule has 0 spiro atoms. The average Bonchev–Trinajstić information content (AvgIpc) is 2.43. The Kier molecular flexibility index (Phi) is 4.84. The second-order valence-electron chi connectivity index (χ2n) is 4.60. The van der Waals surface area contributed by atoms with Gasteiger partial charge in [0.2, 0.25) is 0 Å². The van der Waals surface area contributed by atoms with Crippen LogP contribution in [-0.2, 0) is 0 Å². The van der Waals surface area contributed by atoms with E-state index in [0.29, 0.717) is 6.61 Å². The number of hydrogen-bond acceptors (Lipinski definition) is 4. The Hall–Kier alpha value is -1.26. The lowest BCUT2D eigenvalue weighted by atomic mass is 10.2. The molecule has 0 aromatic heterocycles. The molecule has 1 aliphatic heterocycles. The molecule has 2 rings (SSSR count). The van der Waals surface area contributed by atoms with Crippen LogP contribution in [0.15, 0.2) is 24.3 Å². The maximum atomic E-state index is 5.86. The molecule has 4 heteroatoms. The van der Waals surface area contributed by atoms with Crippen LogP contribution in [0.3, 0.4) is 0 Å². The van der Waals surface area contributed by atoms with Crippen molar-refractivity contribution < 1.29 is 9.47 Å². The van der Waals surface area contributed by atoms with E-state index in [9.17, 15) is 0 Å². The number of hydrogen-bond donors (Lipinski definition) is 1. The molecular formula is C14H22N2O2. The summed E-state index contributed by atoms with van der Waals surface area (Å²) < 4.78 is 11.5. The maximum Gasteiger partial charge on any atom is 0.161 e. The van der Waals surface area contributed by atoms with Crippen molar-refractivity contribution in [2.75, 3.05) is 39.8 Å². The molecule has 0 saturated heterocycles. The predicted octanol–water partition coefficient (Wildman–Crippen LogP) is 1.37. The molecule has 4 nitrogen and oxygen atoms in total. The Bertz CT molecular complexity index is 371. The molecule has 1 heterocycles. The summed E-state index contributed by atoms with van der Waals surface area (Å²) >= 11 is 0. The standard InChI is InChI=1S/C14H22N2O2/c1-3-16(2)9-8-15-10-12-11-17-13-6-4-5-7-14(13)18-12/h4-7,12,15H,3,8-11H2,1-2H3. The smallest absolute Gasteiger partial charge is 0.161 e. The van der Waals surface area contributed by atoms with Gasteiger partial charge in [0.1, 0.15) is 12.7 Å². The van der Waals surface area contributed by atoms with Gasteiger partial charge in [0.25, 0.3) is 0 Å². The average molecular weight is 250 g/mol. The van der Waals surface area contributed by atoms with Gasteiger partial charge in [-0.3, -0.25) is 0 Å². The Morgan fingerprint density at radius 2 is 2.11 bits per heavy atom. The molecule has 1 unspecified atom stereocenters. The van der Waals surface area contributed by atoms with E-state index in [4.69, 9.17) is 9.47 Å². The van der Waals surface area contributed by atoms with E-state index in [1.165, 1.54) is 0 Å². The fourth-order valence-corrected chi connectivity index (χ4v) is 1.85. The first kappa shape index (κ1) is 13.2. The molecule has 1 atom stereocenters. The van der Waals surface area contributed by atoms with Crippen molar-refractivity contribution in [2.24, 2.45) is 0 Å². The van der Waals surface area contributed by atoms with Crippen LogP contribution in [0.1, 0.15) is 6.92 Å². The van der Waals surface area contributed by atoms with Crippen molar-refractivity contribution in [1.29, 1.82) is 0 Å². The lowest BCUT2D eigenvalue weighted by molar-refractivity contribution is 0.0901. The lowest BCUT2D eigenvalue weighted by Gasteiger charge is -2.26. The second kappa shape index (κ2) is 6.61. The predicted molar refractivity (Wildman–Crippen MR) is 72.4 cm³/mol. The zero-order valence-corrected chi connectivity index (χ0v) is 11.2. The first-order valence-electron chi connectivity index (χ1n) is 6.57. The lowest BCUT2D eigenvalue weighted by Crippen LogP contribution is -2.40. The fraction of sp³-hybridized carbons (Fsp3) is 0.571. The van der Waals surface area contributed by atoms with Crippen LogP contribution >= 0.6 is 0 Å². The van der Waals surface area contributed by atoms with Crippen LogP contribution in [0, 0.1) is 0 Å². The first-order valence-corrected chi connectivity index (χ1v) is 6.57. The molecule has 0 bridgehead atoms. The number of ether oxygens (including phenoxy) is 2. The van der Waals surface area contributed by atoms with Gasteiger partial charge in [-0.2, -0.15) is 0 Å². The van der Waals surface area contributed by atoms with E-state index < -0.39 is 0 Å². The number of nitrogens with one attached hydrogen (secondary N) is 1. The third-order valence-corrected chi connectivity index (χ3v) is 3.15. The van der Waals surface area contributed by atoms with E-state index in [0.717, 1.165) is 37.7 Å². The minimum absolute atomic E-state index is 0.104. The number of para-hydroxylation sites is 2. The van der Waals surface area contributed by atoms with Crippen LogP contribution in [-0.4, -0.2) is 50.8 Å². The quantitative estimate of drug-likeness (QED) is 0.773. The Morgan fingerprint density at radius 1 is 1.33 bits per heavy atom. The SMILES string of the molecule is CCN(C)CCNCC1COc2ccccc2O1. The van der Waals surface area contributed by atoms with Gasteiger partial charge in [0, 0.05) is 19.6 Å². The zero-order valence-electron chi connectivity index (χ0n) is 11.2. The van der Waals surface area contributed by atoms with E-state index in [1.807, 2.05) is 24.3 Å². The Labute approximate surface area is 109 Å². The minimum atomic E-state index is 0.104. The van der Waals surface area contributed by atoms with Crippen molar-refractivity contribution >= 4 is 0 Å². The molecule has 1 aromatic carbocycles. The third kappa shape index (κ3) is 3.62. The summed E-state index contributed by atoms with van der Waals surface area (Å²) in [6, 6.07) is 7.82. The fourth-order valence-electron chi connectivity index (χ4n) is 1.85. The molecule has 0 aliphatic carbocycles. The summed E-state index contributed by atoms with van der Waals surface area (Å²) in [5.41, 5.74) is 0. The van der Waals surface area contributed by atoms with Crippen LogP contribution in [0.2, 0.25) is 0 Å². The van der Waals surface area contributed by atoms with Crippen LogP contribution in [0.25, 0.3) is 0 Å². The number of rotatable bonds is 6. The van der Waals surface area contributed by atoms with Gasteiger partial charge in [0.05, 0.1) is 0 Å². The van der Waals surface area contributed by atoms with Crippen molar-refractivity contribution in [1.82, 2.24) is 10.2 Å². The topological polar surface area (TPSA) is 33.7 Å². The molecule has 0 radical (unpaired) electrons. The maximum absolute atomic E-state index is 5.86. The molecular weight excluding hydrogens is 228 g/mol. The number of benzene rings is 1. The number of likely N-dealkylation sites (N-methyl/N-ethyl adjacent to an activating group) is 1. The summed E-state index contributed by atoms with van der Waals surface area (Å²) in [6.07, 6.45) is 0.104. The van der Waals surface area contributed by atoms with Crippen LogP contribution in [0.5, 0.6) is 11.5 Å². The summed E-state index contributed by atoms with van der Waals surface area (Å²) in [6.45, 7) is 6.72. The third-order valence-electron chi connectivity index (χ3n) is 3.15. The van der Waals surface area contributed by atoms with E-state index >= 15 is 0 Å². The van der Waals surface area contributed by atoms with E-state index in [1.54, 1.807) is 0 Å². The molecule has 18 heavy (non-hydrogen) atoms. The molecule has 0 fully saturated rings. The Morgan fingerprint density at radius 3 is 2.89 bits per heavy atom. The van der Waals surface area contributed by atoms with Gasteiger partial charge in [-0.15, -0.1) is 0 Å². The van der Waals surface area contributed by atoms with E-state index in [-0.39, 0.29) is 6.10 Å². The monoisotopic (exact) mass is 250 g/mol. The van der Waals surface area contributed by atoms with Crippen molar-refractivity contribution in [3.8, 4) is 11.5 Å². The van der Waals surface area contributed by atoms with Crippen molar-refractivity contribution in [3.05, 3.63) is 24.3 Å². The highest BCUT2D eigenvalue weighted by atomic mass is 16.6. The van der Waals surface area contributed by atoms with Crippen molar-refractivity contribution in [3.63, 3.8) is 0 Å². The van der Waals surface area contributed by atoms with Gasteiger partial charge >= 0.3 is 0 Å². The second-order valence-corrected chi connectivity index (χ2v) is 4.60. The van der Waals surface area contributed by atoms with Gasteiger partial charge in [-0.1, -0.05) is 19.1 Å². The molecule has 1 aromatic rings.